The number of ether oxygens (including phenoxy) is 2. The van der Waals surface area contributed by atoms with E-state index in [0.29, 0.717) is 24.6 Å². The van der Waals surface area contributed by atoms with Gasteiger partial charge in [0.1, 0.15) is 17.2 Å². The van der Waals surface area contributed by atoms with Crippen LogP contribution in [0, 0.1) is 6.92 Å². The van der Waals surface area contributed by atoms with Crippen LogP contribution in [0.4, 0.5) is 40.2 Å². The van der Waals surface area contributed by atoms with Crippen LogP contribution in [0.3, 0.4) is 0 Å². The van der Waals surface area contributed by atoms with Gasteiger partial charge in [-0.3, -0.25) is 5.32 Å². The highest BCUT2D eigenvalue weighted by Gasteiger charge is 2.31. The molecule has 186 valence electrons. The van der Waals surface area contributed by atoms with Gasteiger partial charge in [-0.15, -0.1) is 13.2 Å². The molecule has 0 saturated carbocycles. The number of anilines is 3. The van der Waals surface area contributed by atoms with Crippen molar-refractivity contribution < 1.29 is 32.2 Å². The van der Waals surface area contributed by atoms with E-state index >= 15 is 0 Å². The normalized spacial score (nSPS) is 11.4. The molecule has 0 bridgehead atoms. The highest BCUT2D eigenvalue weighted by molar-refractivity contribution is 5.98. The van der Waals surface area contributed by atoms with Crippen LogP contribution >= 0.6 is 0 Å². The first-order chi connectivity index (χ1) is 15.7. The van der Waals surface area contributed by atoms with E-state index in [1.807, 2.05) is 0 Å². The molecule has 0 atom stereocenters. The number of aromatic nitrogens is 2. The number of hydrogen-bond acceptors (Lipinski definition) is 7. The van der Waals surface area contributed by atoms with Crippen molar-refractivity contribution in [2.75, 3.05) is 36.1 Å². The molecule has 2 aromatic rings. The van der Waals surface area contributed by atoms with Crippen LogP contribution in [0.5, 0.6) is 5.75 Å². The van der Waals surface area contributed by atoms with Crippen molar-refractivity contribution >= 4 is 29.6 Å². The predicted molar refractivity (Wildman–Crippen MR) is 120 cm³/mol. The third kappa shape index (κ3) is 9.79. The van der Waals surface area contributed by atoms with Crippen molar-refractivity contribution in [1.29, 1.82) is 0 Å². The summed E-state index contributed by atoms with van der Waals surface area (Å²) in [5.74, 6) is 0.0278. The van der Waals surface area contributed by atoms with Crippen LogP contribution in [0.2, 0.25) is 0 Å². The summed E-state index contributed by atoms with van der Waals surface area (Å²) < 4.78 is 45.7. The summed E-state index contributed by atoms with van der Waals surface area (Å²) in [6.45, 7) is 7.76. The van der Waals surface area contributed by atoms with E-state index in [0.717, 1.165) is 12.1 Å². The number of nitrogens with one attached hydrogen (secondary N) is 3. The largest absolute Gasteiger partial charge is 0.573 e. The number of alkyl halides is 3. The number of urea groups is 1. The van der Waals surface area contributed by atoms with Crippen LogP contribution in [0.15, 0.2) is 30.3 Å². The molecule has 34 heavy (non-hydrogen) atoms. The Morgan fingerprint density at radius 1 is 1.06 bits per heavy atom. The highest BCUT2D eigenvalue weighted by atomic mass is 19.4. The Morgan fingerprint density at radius 2 is 1.71 bits per heavy atom. The van der Waals surface area contributed by atoms with Gasteiger partial charge in [-0.1, -0.05) is 0 Å². The van der Waals surface area contributed by atoms with Gasteiger partial charge in [-0.25, -0.2) is 14.6 Å². The Bertz CT molecular complexity index is 993. The molecule has 0 unspecified atom stereocenters. The zero-order valence-corrected chi connectivity index (χ0v) is 19.4. The van der Waals surface area contributed by atoms with Gasteiger partial charge in [-0.05, 0) is 52.0 Å². The fourth-order valence-corrected chi connectivity index (χ4v) is 2.50. The van der Waals surface area contributed by atoms with E-state index < -0.39 is 29.8 Å². The maximum absolute atomic E-state index is 12.2. The van der Waals surface area contributed by atoms with E-state index in [9.17, 15) is 22.8 Å². The van der Waals surface area contributed by atoms with Crippen LogP contribution in [-0.4, -0.2) is 59.1 Å². The molecule has 1 aromatic carbocycles. The summed E-state index contributed by atoms with van der Waals surface area (Å²) in [6.07, 6.45) is -5.25. The lowest BCUT2D eigenvalue weighted by atomic mass is 10.2. The van der Waals surface area contributed by atoms with E-state index in [4.69, 9.17) is 4.74 Å². The standard InChI is InChI=1S/C21H27F3N6O4/c1-13-12-16(25-10-11-30(5)19(32)34-20(2,3)4)28-17(26-13)29-18(31)27-14-6-8-15(9-7-14)33-21(22,23)24/h6-9,12H,10-11H2,1-5H3,(H3,25,26,27,28,29,31). The molecule has 0 fully saturated rings. The van der Waals surface area contributed by atoms with Gasteiger partial charge in [0.05, 0.1) is 0 Å². The number of hydrogen-bond donors (Lipinski definition) is 3. The van der Waals surface area contributed by atoms with Crippen molar-refractivity contribution in [1.82, 2.24) is 14.9 Å². The summed E-state index contributed by atoms with van der Waals surface area (Å²) in [5.41, 5.74) is 0.216. The quantitative estimate of drug-likeness (QED) is 0.525. The molecule has 1 aromatic heterocycles. The van der Waals surface area contributed by atoms with Gasteiger partial charge in [0.2, 0.25) is 5.95 Å². The van der Waals surface area contributed by atoms with Crippen molar-refractivity contribution in [3.8, 4) is 5.75 Å². The van der Waals surface area contributed by atoms with E-state index in [1.54, 1.807) is 40.8 Å². The average Bonchev–Trinajstić information content (AvgIpc) is 2.66. The summed E-state index contributed by atoms with van der Waals surface area (Å²) in [4.78, 5) is 34.0. The lowest BCUT2D eigenvalue weighted by molar-refractivity contribution is -0.274. The number of halogens is 3. The van der Waals surface area contributed by atoms with Crippen LogP contribution in [-0.2, 0) is 4.74 Å². The molecular formula is C21H27F3N6O4. The molecule has 2 rings (SSSR count). The molecule has 0 spiro atoms. The molecule has 1 heterocycles. The Labute approximate surface area is 194 Å². The second-order valence-electron chi connectivity index (χ2n) is 8.20. The minimum atomic E-state index is -4.80. The molecule has 0 radical (unpaired) electrons. The maximum Gasteiger partial charge on any atom is 0.573 e. The Hall–Kier alpha value is -3.77. The predicted octanol–water partition coefficient (Wildman–Crippen LogP) is 4.61. The summed E-state index contributed by atoms with van der Waals surface area (Å²) in [6, 6.07) is 5.63. The fourth-order valence-electron chi connectivity index (χ4n) is 2.50. The fraction of sp³-hybridized carbons (Fsp3) is 0.429. The van der Waals surface area contributed by atoms with Crippen LogP contribution < -0.4 is 20.7 Å². The zero-order chi connectivity index (χ0) is 25.5. The van der Waals surface area contributed by atoms with Crippen molar-refractivity contribution in [2.45, 2.75) is 39.7 Å². The van der Waals surface area contributed by atoms with Crippen molar-refractivity contribution in [3.63, 3.8) is 0 Å². The molecule has 0 aliphatic heterocycles. The smallest absolute Gasteiger partial charge is 0.444 e. The molecule has 0 saturated heterocycles. The lowest BCUT2D eigenvalue weighted by Crippen LogP contribution is -2.36. The Balaban J connectivity index is 1.89. The number of likely N-dealkylation sites (N-methyl/N-ethyl adjacent to an activating group) is 1. The number of amides is 3. The number of aryl methyl sites for hydroxylation is 1. The number of nitrogens with zero attached hydrogens (tertiary/aromatic N) is 3. The van der Waals surface area contributed by atoms with E-state index in [1.165, 1.54) is 17.0 Å². The second-order valence-corrected chi connectivity index (χ2v) is 8.20. The SMILES string of the molecule is Cc1cc(NCCN(C)C(=O)OC(C)(C)C)nc(NC(=O)Nc2ccc(OC(F)(F)F)cc2)n1. The molecule has 3 N–H and O–H groups in total. The third-order valence-electron chi connectivity index (χ3n) is 3.88. The minimum absolute atomic E-state index is 0.0116. The first-order valence-corrected chi connectivity index (χ1v) is 10.2. The molecular weight excluding hydrogens is 457 g/mol. The van der Waals surface area contributed by atoms with Crippen molar-refractivity contribution in [3.05, 3.63) is 36.0 Å². The summed E-state index contributed by atoms with van der Waals surface area (Å²) >= 11 is 0. The second kappa shape index (κ2) is 10.9. The molecule has 3 amide bonds. The van der Waals surface area contributed by atoms with Gasteiger partial charge in [-0.2, -0.15) is 4.98 Å². The number of carbonyl (C=O) groups excluding carboxylic acids is 2. The average molecular weight is 484 g/mol. The molecule has 0 aliphatic carbocycles. The third-order valence-corrected chi connectivity index (χ3v) is 3.88. The van der Waals surface area contributed by atoms with Gasteiger partial charge in [0, 0.05) is 37.6 Å². The van der Waals surface area contributed by atoms with Crippen molar-refractivity contribution in [2.24, 2.45) is 0 Å². The molecule has 10 nitrogen and oxygen atoms in total. The van der Waals surface area contributed by atoms with E-state index in [2.05, 4.69) is 30.7 Å². The first-order valence-electron chi connectivity index (χ1n) is 10.2. The lowest BCUT2D eigenvalue weighted by Gasteiger charge is -2.24. The number of benzene rings is 1. The topological polar surface area (TPSA) is 118 Å². The summed E-state index contributed by atoms with van der Waals surface area (Å²) in [7, 11) is 1.61. The first kappa shape index (κ1) is 26.5. The van der Waals surface area contributed by atoms with Gasteiger partial charge in [0.15, 0.2) is 0 Å². The monoisotopic (exact) mass is 484 g/mol. The van der Waals surface area contributed by atoms with Gasteiger partial charge < -0.3 is 25.0 Å². The number of rotatable bonds is 7. The Morgan fingerprint density at radius 3 is 2.29 bits per heavy atom. The molecule has 13 heteroatoms. The number of carbonyl (C=O) groups is 2. The highest BCUT2D eigenvalue weighted by Crippen LogP contribution is 2.24. The van der Waals surface area contributed by atoms with Gasteiger partial charge >= 0.3 is 18.5 Å². The van der Waals surface area contributed by atoms with E-state index in [-0.39, 0.29) is 11.6 Å². The van der Waals surface area contributed by atoms with Crippen LogP contribution in [0.1, 0.15) is 26.5 Å². The van der Waals surface area contributed by atoms with Crippen LogP contribution in [0.25, 0.3) is 0 Å². The molecule has 0 aliphatic rings. The van der Waals surface area contributed by atoms with Gasteiger partial charge in [0.25, 0.3) is 0 Å². The zero-order valence-electron chi connectivity index (χ0n) is 19.4. The summed E-state index contributed by atoms with van der Waals surface area (Å²) in [5, 5.41) is 7.97. The Kier molecular flexibility index (Phi) is 8.49. The minimum Gasteiger partial charge on any atom is -0.444 e. The maximum atomic E-state index is 12.2.